The highest BCUT2D eigenvalue weighted by Crippen LogP contribution is 2.37. The number of carbonyl (C=O) groups is 1. The second-order valence-corrected chi connectivity index (χ2v) is 9.25. The predicted molar refractivity (Wildman–Crippen MR) is 131 cm³/mol. The van der Waals surface area contributed by atoms with Crippen LogP contribution in [0.1, 0.15) is 47.0 Å². The number of aromatic nitrogens is 4. The van der Waals surface area contributed by atoms with Crippen molar-refractivity contribution in [1.82, 2.24) is 19.7 Å². The first kappa shape index (κ1) is 21.5. The van der Waals surface area contributed by atoms with Crippen LogP contribution in [0.5, 0.6) is 0 Å². The van der Waals surface area contributed by atoms with Crippen LogP contribution in [0, 0.1) is 6.92 Å². The van der Waals surface area contributed by atoms with Crippen molar-refractivity contribution in [2.45, 2.75) is 32.7 Å². The van der Waals surface area contributed by atoms with E-state index in [-0.39, 0.29) is 12.3 Å². The number of aryl methyl sites for hydroxylation is 2. The Kier molecular flexibility index (Phi) is 5.78. The monoisotopic (exact) mass is 476 g/mol. The minimum absolute atomic E-state index is 0.112. The van der Waals surface area contributed by atoms with Crippen molar-refractivity contribution in [2.75, 3.05) is 5.32 Å². The molecule has 7 nitrogen and oxygen atoms in total. The summed E-state index contributed by atoms with van der Waals surface area (Å²) in [6.07, 6.45) is 2.67. The van der Waals surface area contributed by atoms with Gasteiger partial charge in [0.05, 0.1) is 12.1 Å². The lowest BCUT2D eigenvalue weighted by Crippen LogP contribution is -2.17. The summed E-state index contributed by atoms with van der Waals surface area (Å²) in [6.45, 7) is 4.05. The molecule has 1 atom stereocenters. The molecule has 1 amide bonds. The summed E-state index contributed by atoms with van der Waals surface area (Å²) >= 11 is 7.84. The molecule has 1 aliphatic rings. The minimum atomic E-state index is -0.509. The summed E-state index contributed by atoms with van der Waals surface area (Å²) in [7, 11) is 0. The number of rotatable bonds is 5. The zero-order chi connectivity index (χ0) is 22.9. The Morgan fingerprint density at radius 1 is 1.18 bits per heavy atom. The quantitative estimate of drug-likeness (QED) is 0.430. The van der Waals surface area contributed by atoms with Crippen LogP contribution in [0.3, 0.4) is 0 Å². The van der Waals surface area contributed by atoms with Gasteiger partial charge in [0.15, 0.2) is 5.82 Å². The van der Waals surface area contributed by atoms with Gasteiger partial charge in [-0.15, -0.1) is 21.5 Å². The molecular weight excluding hydrogens is 456 g/mol. The number of thiophene rings is 1. The third-order valence-electron chi connectivity index (χ3n) is 5.43. The van der Waals surface area contributed by atoms with Gasteiger partial charge in [-0.2, -0.15) is 0 Å². The highest BCUT2D eigenvalue weighted by molar-refractivity contribution is 7.15. The number of benzene rings is 1. The zero-order valence-corrected chi connectivity index (χ0v) is 19.7. The maximum absolute atomic E-state index is 12.9. The van der Waals surface area contributed by atoms with Crippen LogP contribution in [0.4, 0.5) is 5.82 Å². The van der Waals surface area contributed by atoms with Gasteiger partial charge in [-0.1, -0.05) is 36.7 Å². The number of hydrogen-bond acceptors (Lipinski definition) is 6. The summed E-state index contributed by atoms with van der Waals surface area (Å²) in [5.41, 5.74) is 2.77. The summed E-state index contributed by atoms with van der Waals surface area (Å²) in [5, 5.41) is 13.3. The average molecular weight is 477 g/mol. The smallest absolute Gasteiger partial charge is 0.228 e. The maximum atomic E-state index is 12.9. The van der Waals surface area contributed by atoms with Crippen LogP contribution in [-0.4, -0.2) is 31.4 Å². The molecule has 1 aromatic carbocycles. The largest absolute Gasteiger partial charge is 0.311 e. The van der Waals surface area contributed by atoms with Crippen molar-refractivity contribution < 1.29 is 4.79 Å². The molecule has 0 saturated heterocycles. The molecule has 9 heteroatoms. The van der Waals surface area contributed by atoms with Gasteiger partial charge >= 0.3 is 0 Å². The second kappa shape index (κ2) is 8.88. The molecule has 3 aromatic heterocycles. The summed E-state index contributed by atoms with van der Waals surface area (Å²) in [5.74, 6) is 1.73. The average Bonchev–Trinajstić information content (AvgIpc) is 3.38. The Morgan fingerprint density at radius 2 is 2.00 bits per heavy atom. The van der Waals surface area contributed by atoms with E-state index in [1.807, 2.05) is 41.8 Å². The van der Waals surface area contributed by atoms with Crippen molar-refractivity contribution in [2.24, 2.45) is 4.99 Å². The van der Waals surface area contributed by atoms with Crippen LogP contribution in [0.2, 0.25) is 5.02 Å². The molecule has 166 valence electrons. The number of nitrogens with zero attached hydrogens (tertiary/aromatic N) is 5. The van der Waals surface area contributed by atoms with Crippen molar-refractivity contribution >= 4 is 40.4 Å². The molecule has 0 saturated carbocycles. The molecule has 4 aromatic rings. The van der Waals surface area contributed by atoms with Gasteiger partial charge < -0.3 is 5.32 Å². The summed E-state index contributed by atoms with van der Waals surface area (Å²) < 4.78 is 2.03. The fourth-order valence-corrected chi connectivity index (χ4v) is 5.13. The van der Waals surface area contributed by atoms with Gasteiger partial charge in [0.25, 0.3) is 0 Å². The first-order valence-electron chi connectivity index (χ1n) is 10.6. The SMILES string of the molecule is CCc1cc2c(s1)-n1c(C)nnc1C(CC(=O)Nc1ccccn1)N=C2c1ccc(Cl)cc1. The topological polar surface area (TPSA) is 85.1 Å². The Bertz CT molecular complexity index is 1340. The first-order chi connectivity index (χ1) is 16.0. The van der Waals surface area contributed by atoms with Crippen LogP contribution >= 0.6 is 22.9 Å². The zero-order valence-electron chi connectivity index (χ0n) is 18.1. The first-order valence-corrected chi connectivity index (χ1v) is 11.8. The standard InChI is InChI=1S/C24H21ClN6OS/c1-3-17-12-18-22(15-7-9-16(25)10-8-15)27-19(13-21(32)28-20-6-4-5-11-26-20)23-30-29-14(2)31(23)24(18)33-17/h4-12,19H,3,13H2,1-2H3,(H,26,28,32). The lowest BCUT2D eigenvalue weighted by atomic mass is 10.0. The molecule has 0 spiro atoms. The number of amides is 1. The van der Waals surface area contributed by atoms with Crippen LogP contribution in [0.15, 0.2) is 59.7 Å². The van der Waals surface area contributed by atoms with Crippen LogP contribution in [0.25, 0.3) is 5.00 Å². The lowest BCUT2D eigenvalue weighted by molar-refractivity contribution is -0.116. The number of anilines is 1. The molecule has 1 unspecified atom stereocenters. The molecule has 5 rings (SSSR count). The highest BCUT2D eigenvalue weighted by Gasteiger charge is 2.31. The van der Waals surface area contributed by atoms with Crippen molar-refractivity contribution in [3.63, 3.8) is 0 Å². The Balaban J connectivity index is 1.61. The molecule has 4 heterocycles. The van der Waals surface area contributed by atoms with Crippen molar-refractivity contribution in [1.29, 1.82) is 0 Å². The van der Waals surface area contributed by atoms with E-state index >= 15 is 0 Å². The molecule has 0 bridgehead atoms. The highest BCUT2D eigenvalue weighted by atomic mass is 35.5. The van der Waals surface area contributed by atoms with E-state index in [0.717, 1.165) is 34.1 Å². The summed E-state index contributed by atoms with van der Waals surface area (Å²) in [6, 6.07) is 14.7. The Morgan fingerprint density at radius 3 is 2.73 bits per heavy atom. The van der Waals surface area contributed by atoms with E-state index in [1.165, 1.54) is 4.88 Å². The van der Waals surface area contributed by atoms with E-state index in [0.29, 0.717) is 16.7 Å². The van der Waals surface area contributed by atoms with Gasteiger partial charge in [-0.25, -0.2) is 4.98 Å². The van der Waals surface area contributed by atoms with Gasteiger partial charge in [-0.05, 0) is 43.7 Å². The third-order valence-corrected chi connectivity index (χ3v) is 6.95. The van der Waals surface area contributed by atoms with E-state index in [4.69, 9.17) is 16.6 Å². The molecule has 33 heavy (non-hydrogen) atoms. The van der Waals surface area contributed by atoms with E-state index in [1.54, 1.807) is 29.7 Å². The molecule has 1 N–H and O–H groups in total. The van der Waals surface area contributed by atoms with E-state index < -0.39 is 6.04 Å². The Labute approximate surface area is 200 Å². The van der Waals surface area contributed by atoms with E-state index in [9.17, 15) is 4.79 Å². The number of hydrogen-bond donors (Lipinski definition) is 1. The number of fused-ring (bicyclic) bond motifs is 3. The Hall–Kier alpha value is -3.36. The number of nitrogens with one attached hydrogen (secondary N) is 1. The van der Waals surface area contributed by atoms with E-state index in [2.05, 4.69) is 33.5 Å². The number of carbonyl (C=O) groups excluding carboxylic acids is 1. The molecular formula is C24H21ClN6OS. The number of pyridine rings is 1. The minimum Gasteiger partial charge on any atom is -0.311 e. The normalized spacial score (nSPS) is 14.8. The molecule has 0 radical (unpaired) electrons. The third kappa shape index (κ3) is 4.19. The fourth-order valence-electron chi connectivity index (χ4n) is 3.85. The molecule has 1 aliphatic heterocycles. The molecule has 0 fully saturated rings. The van der Waals surface area contributed by atoms with Gasteiger partial charge in [0.1, 0.15) is 22.7 Å². The second-order valence-electron chi connectivity index (χ2n) is 7.69. The van der Waals surface area contributed by atoms with Gasteiger partial charge in [0.2, 0.25) is 5.91 Å². The maximum Gasteiger partial charge on any atom is 0.228 e. The van der Waals surface area contributed by atoms with Crippen LogP contribution in [-0.2, 0) is 11.2 Å². The molecule has 0 aliphatic carbocycles. The van der Waals surface area contributed by atoms with Crippen molar-refractivity contribution in [3.05, 3.63) is 87.4 Å². The number of aliphatic imine (C=N–C) groups is 1. The van der Waals surface area contributed by atoms with Crippen molar-refractivity contribution in [3.8, 4) is 5.00 Å². The van der Waals surface area contributed by atoms with Gasteiger partial charge in [-0.3, -0.25) is 14.4 Å². The summed E-state index contributed by atoms with van der Waals surface area (Å²) in [4.78, 5) is 23.4. The van der Waals surface area contributed by atoms with Gasteiger partial charge in [0, 0.05) is 27.2 Å². The lowest BCUT2D eigenvalue weighted by Gasteiger charge is -2.12. The van der Waals surface area contributed by atoms with Crippen LogP contribution < -0.4 is 5.32 Å². The predicted octanol–water partition coefficient (Wildman–Crippen LogP) is 5.17. The number of halogens is 1. The fraction of sp³-hybridized carbons (Fsp3) is 0.208.